The largest absolute Gasteiger partial charge is 0.378 e. The van der Waals surface area contributed by atoms with E-state index in [2.05, 4.69) is 26.1 Å². The Morgan fingerprint density at radius 3 is 2.06 bits per heavy atom. The molecule has 0 aliphatic heterocycles. The molecule has 2 unspecified atom stereocenters. The van der Waals surface area contributed by atoms with Crippen molar-refractivity contribution >= 4 is 0 Å². The van der Waals surface area contributed by atoms with E-state index in [1.165, 1.54) is 38.5 Å². The number of aliphatic hydroxyl groups excluding tert-OH is 1. The van der Waals surface area contributed by atoms with Crippen molar-refractivity contribution in [1.29, 1.82) is 0 Å². The van der Waals surface area contributed by atoms with Crippen LogP contribution in [0.1, 0.15) is 72.1 Å². The number of unbranched alkanes of at least 4 members (excludes halogenated alkanes) is 3. The van der Waals surface area contributed by atoms with Crippen molar-refractivity contribution < 1.29 is 5.11 Å². The van der Waals surface area contributed by atoms with Crippen LogP contribution in [0.3, 0.4) is 0 Å². The second kappa shape index (κ2) is 11.4. The van der Waals surface area contributed by atoms with Gasteiger partial charge in [0.1, 0.15) is 6.23 Å². The van der Waals surface area contributed by atoms with E-state index in [0.717, 1.165) is 19.4 Å². The fourth-order valence-electron chi connectivity index (χ4n) is 2.04. The fraction of sp³-hybridized carbons (Fsp3) is 1.00. The van der Waals surface area contributed by atoms with E-state index in [4.69, 9.17) is 0 Å². The summed E-state index contributed by atoms with van der Waals surface area (Å²) in [6.45, 7) is 7.51. The average Bonchev–Trinajstić information content (AvgIpc) is 2.30. The summed E-state index contributed by atoms with van der Waals surface area (Å²) in [7, 11) is 0. The highest BCUT2D eigenvalue weighted by atomic mass is 16.3. The summed E-state index contributed by atoms with van der Waals surface area (Å²) >= 11 is 0. The van der Waals surface area contributed by atoms with E-state index in [1.807, 2.05) is 0 Å². The molecule has 0 fully saturated rings. The van der Waals surface area contributed by atoms with E-state index >= 15 is 0 Å². The normalized spacial score (nSPS) is 15.0. The van der Waals surface area contributed by atoms with E-state index in [-0.39, 0.29) is 6.23 Å². The molecule has 2 N–H and O–H groups in total. The van der Waals surface area contributed by atoms with Crippen molar-refractivity contribution in [3.63, 3.8) is 0 Å². The van der Waals surface area contributed by atoms with Crippen LogP contribution in [0, 0.1) is 5.92 Å². The minimum Gasteiger partial charge on any atom is -0.378 e. The molecule has 0 aliphatic carbocycles. The van der Waals surface area contributed by atoms with Gasteiger partial charge in [-0.25, -0.2) is 0 Å². The Labute approximate surface area is 102 Å². The van der Waals surface area contributed by atoms with Crippen LogP contribution in [0.15, 0.2) is 0 Å². The SMILES string of the molecule is CCCCCC(CCCC)C(O)NCCC. The van der Waals surface area contributed by atoms with Crippen LogP contribution >= 0.6 is 0 Å². The van der Waals surface area contributed by atoms with Gasteiger partial charge in [0.2, 0.25) is 0 Å². The lowest BCUT2D eigenvalue weighted by atomic mass is 9.94. The maximum Gasteiger partial charge on any atom is 0.107 e. The van der Waals surface area contributed by atoms with Gasteiger partial charge in [-0.3, -0.25) is 5.32 Å². The lowest BCUT2D eigenvalue weighted by Gasteiger charge is -2.23. The molecule has 2 atom stereocenters. The highest BCUT2D eigenvalue weighted by Gasteiger charge is 2.17. The van der Waals surface area contributed by atoms with Crippen molar-refractivity contribution in [2.45, 2.75) is 78.4 Å². The summed E-state index contributed by atoms with van der Waals surface area (Å²) in [6, 6.07) is 0. The van der Waals surface area contributed by atoms with Gasteiger partial charge in [-0.15, -0.1) is 0 Å². The molecular formula is C14H31NO. The standard InChI is InChI=1S/C14H31NO/c1-4-7-9-11-13(10-8-5-2)14(16)15-12-6-3/h13-16H,4-12H2,1-3H3. The van der Waals surface area contributed by atoms with Gasteiger partial charge in [-0.1, -0.05) is 52.9 Å². The fourth-order valence-corrected chi connectivity index (χ4v) is 2.04. The summed E-state index contributed by atoms with van der Waals surface area (Å²) in [4.78, 5) is 0. The molecule has 0 saturated heterocycles. The van der Waals surface area contributed by atoms with Crippen LogP contribution in [0.25, 0.3) is 0 Å². The van der Waals surface area contributed by atoms with E-state index in [9.17, 15) is 5.11 Å². The average molecular weight is 229 g/mol. The van der Waals surface area contributed by atoms with E-state index in [1.54, 1.807) is 0 Å². The number of hydrogen-bond acceptors (Lipinski definition) is 2. The van der Waals surface area contributed by atoms with Crippen molar-refractivity contribution in [3.8, 4) is 0 Å². The molecule has 0 aliphatic rings. The molecule has 0 bridgehead atoms. The first-order valence-corrected chi connectivity index (χ1v) is 7.17. The first-order chi connectivity index (χ1) is 7.76. The maximum atomic E-state index is 10.1. The number of hydrogen-bond donors (Lipinski definition) is 2. The Kier molecular flexibility index (Phi) is 11.3. The van der Waals surface area contributed by atoms with Gasteiger partial charge in [0.25, 0.3) is 0 Å². The molecule has 0 spiro atoms. The molecular weight excluding hydrogens is 198 g/mol. The molecule has 0 aromatic heterocycles. The lowest BCUT2D eigenvalue weighted by Crippen LogP contribution is -2.36. The Morgan fingerprint density at radius 2 is 1.50 bits per heavy atom. The zero-order valence-corrected chi connectivity index (χ0v) is 11.5. The van der Waals surface area contributed by atoms with E-state index < -0.39 is 0 Å². The van der Waals surface area contributed by atoms with Gasteiger partial charge in [-0.2, -0.15) is 0 Å². The summed E-state index contributed by atoms with van der Waals surface area (Å²) in [5, 5.41) is 13.3. The molecule has 0 amide bonds. The summed E-state index contributed by atoms with van der Waals surface area (Å²) in [5.74, 6) is 0.457. The Morgan fingerprint density at radius 1 is 0.875 bits per heavy atom. The van der Waals surface area contributed by atoms with Crippen LogP contribution in [-0.4, -0.2) is 17.9 Å². The third-order valence-electron chi connectivity index (χ3n) is 3.16. The van der Waals surface area contributed by atoms with Gasteiger partial charge >= 0.3 is 0 Å². The minimum absolute atomic E-state index is 0.289. The summed E-state index contributed by atoms with van der Waals surface area (Å²) in [6.07, 6.45) is 9.42. The van der Waals surface area contributed by atoms with Gasteiger partial charge < -0.3 is 5.11 Å². The molecule has 2 heteroatoms. The van der Waals surface area contributed by atoms with Crippen molar-refractivity contribution in [1.82, 2.24) is 5.32 Å². The Balaban J connectivity index is 3.86. The van der Waals surface area contributed by atoms with Crippen LogP contribution in [0.5, 0.6) is 0 Å². The van der Waals surface area contributed by atoms with Crippen LogP contribution in [-0.2, 0) is 0 Å². The zero-order valence-electron chi connectivity index (χ0n) is 11.5. The summed E-state index contributed by atoms with van der Waals surface area (Å²) in [5.41, 5.74) is 0. The maximum absolute atomic E-state index is 10.1. The molecule has 0 aromatic carbocycles. The van der Waals surface area contributed by atoms with Crippen LogP contribution < -0.4 is 5.32 Å². The number of aliphatic hydroxyl groups is 1. The smallest absolute Gasteiger partial charge is 0.107 e. The molecule has 16 heavy (non-hydrogen) atoms. The number of rotatable bonds is 11. The predicted molar refractivity (Wildman–Crippen MR) is 71.5 cm³/mol. The third kappa shape index (κ3) is 8.12. The molecule has 0 rings (SSSR count). The number of nitrogens with one attached hydrogen (secondary N) is 1. The van der Waals surface area contributed by atoms with Crippen molar-refractivity contribution in [3.05, 3.63) is 0 Å². The zero-order chi connectivity index (χ0) is 12.2. The molecule has 98 valence electrons. The van der Waals surface area contributed by atoms with E-state index in [0.29, 0.717) is 5.92 Å². The molecule has 0 heterocycles. The topological polar surface area (TPSA) is 32.3 Å². The summed E-state index contributed by atoms with van der Waals surface area (Å²) < 4.78 is 0. The second-order valence-corrected chi connectivity index (χ2v) is 4.80. The predicted octanol–water partition coefficient (Wildman–Crippen LogP) is 3.69. The van der Waals surface area contributed by atoms with Gasteiger partial charge in [0.05, 0.1) is 0 Å². The molecule has 0 radical (unpaired) electrons. The van der Waals surface area contributed by atoms with Gasteiger partial charge in [-0.05, 0) is 31.7 Å². The quantitative estimate of drug-likeness (QED) is 0.418. The highest BCUT2D eigenvalue weighted by molar-refractivity contribution is 4.67. The van der Waals surface area contributed by atoms with Gasteiger partial charge in [0.15, 0.2) is 0 Å². The van der Waals surface area contributed by atoms with Crippen LogP contribution in [0.4, 0.5) is 0 Å². The van der Waals surface area contributed by atoms with Crippen molar-refractivity contribution in [2.75, 3.05) is 6.54 Å². The Hall–Kier alpha value is -0.0800. The first kappa shape index (κ1) is 15.9. The molecule has 2 nitrogen and oxygen atoms in total. The Bertz CT molecular complexity index is 139. The first-order valence-electron chi connectivity index (χ1n) is 7.17. The highest BCUT2D eigenvalue weighted by Crippen LogP contribution is 2.19. The monoisotopic (exact) mass is 229 g/mol. The minimum atomic E-state index is -0.289. The van der Waals surface area contributed by atoms with Gasteiger partial charge in [0, 0.05) is 0 Å². The molecule has 0 saturated carbocycles. The second-order valence-electron chi connectivity index (χ2n) is 4.80. The lowest BCUT2D eigenvalue weighted by molar-refractivity contribution is 0.0634. The van der Waals surface area contributed by atoms with Crippen LogP contribution in [0.2, 0.25) is 0 Å². The third-order valence-corrected chi connectivity index (χ3v) is 3.16. The molecule has 0 aromatic rings. The van der Waals surface area contributed by atoms with Crippen molar-refractivity contribution in [2.24, 2.45) is 5.92 Å².